The quantitative estimate of drug-likeness (QED) is 0.795. The topological polar surface area (TPSA) is 18.5 Å². The zero-order chi connectivity index (χ0) is 12.8. The predicted molar refractivity (Wildman–Crippen MR) is 73.2 cm³/mol. The molecule has 0 fully saturated rings. The second kappa shape index (κ2) is 6.10. The molecule has 0 N–H and O–H groups in total. The average Bonchev–Trinajstić information content (AvgIpc) is 2.40. The molecule has 0 saturated carbocycles. The molecule has 0 aliphatic carbocycles. The largest absolute Gasteiger partial charge is 0.497 e. The Labute approximate surface area is 108 Å². The van der Waals surface area contributed by atoms with Crippen LogP contribution >= 0.6 is 0 Å². The third-order valence-electron chi connectivity index (χ3n) is 2.76. The molecule has 0 bridgehead atoms. The zero-order valence-corrected chi connectivity index (χ0v) is 10.8. The second-order valence-corrected chi connectivity index (χ2v) is 4.29. The predicted octanol–water partition coefficient (Wildman–Crippen LogP) is 3.71. The Hall–Kier alpha value is -1.96. The van der Waals surface area contributed by atoms with E-state index in [1.165, 1.54) is 5.56 Å². The highest BCUT2D eigenvalue weighted by Crippen LogP contribution is 2.16. The molecular weight excluding hydrogens is 224 g/mol. The highest BCUT2D eigenvalue weighted by Gasteiger charge is 2.05. The van der Waals surface area contributed by atoms with Crippen LogP contribution in [0.3, 0.4) is 0 Å². The molecule has 2 aromatic carbocycles. The SMILES string of the molecule is COc1ccc(CC(C)Oc2ccccc2)cc1. The molecule has 1 atom stereocenters. The van der Waals surface area contributed by atoms with Crippen molar-refractivity contribution >= 4 is 0 Å². The van der Waals surface area contributed by atoms with Gasteiger partial charge in [0, 0.05) is 6.42 Å². The van der Waals surface area contributed by atoms with E-state index >= 15 is 0 Å². The summed E-state index contributed by atoms with van der Waals surface area (Å²) >= 11 is 0. The van der Waals surface area contributed by atoms with Crippen LogP contribution in [0.2, 0.25) is 0 Å². The molecule has 94 valence electrons. The minimum atomic E-state index is 0.154. The number of hydrogen-bond acceptors (Lipinski definition) is 2. The van der Waals surface area contributed by atoms with Gasteiger partial charge in [-0.25, -0.2) is 0 Å². The minimum absolute atomic E-state index is 0.154. The van der Waals surface area contributed by atoms with Crippen LogP contribution < -0.4 is 9.47 Å². The van der Waals surface area contributed by atoms with Gasteiger partial charge in [0.25, 0.3) is 0 Å². The number of benzene rings is 2. The third-order valence-corrected chi connectivity index (χ3v) is 2.76. The number of methoxy groups -OCH3 is 1. The Morgan fingerprint density at radius 2 is 1.56 bits per heavy atom. The molecule has 0 saturated heterocycles. The smallest absolute Gasteiger partial charge is 0.119 e. The lowest BCUT2D eigenvalue weighted by atomic mass is 10.1. The van der Waals surface area contributed by atoms with Gasteiger partial charge in [-0.3, -0.25) is 0 Å². The lowest BCUT2D eigenvalue weighted by Crippen LogP contribution is -2.14. The van der Waals surface area contributed by atoms with Crippen LogP contribution in [-0.4, -0.2) is 13.2 Å². The molecule has 0 aliphatic heterocycles. The average molecular weight is 242 g/mol. The van der Waals surface area contributed by atoms with Crippen LogP contribution in [0.25, 0.3) is 0 Å². The summed E-state index contributed by atoms with van der Waals surface area (Å²) in [7, 11) is 1.68. The van der Waals surface area contributed by atoms with Crippen LogP contribution in [0.1, 0.15) is 12.5 Å². The van der Waals surface area contributed by atoms with Crippen molar-refractivity contribution < 1.29 is 9.47 Å². The van der Waals surface area contributed by atoms with Gasteiger partial charge in [0.15, 0.2) is 0 Å². The van der Waals surface area contributed by atoms with Crippen molar-refractivity contribution in [3.63, 3.8) is 0 Å². The van der Waals surface area contributed by atoms with Crippen molar-refractivity contribution in [2.75, 3.05) is 7.11 Å². The first-order valence-corrected chi connectivity index (χ1v) is 6.12. The van der Waals surface area contributed by atoms with Gasteiger partial charge in [-0.1, -0.05) is 30.3 Å². The summed E-state index contributed by atoms with van der Waals surface area (Å²) in [6, 6.07) is 18.0. The van der Waals surface area contributed by atoms with Gasteiger partial charge in [0.05, 0.1) is 13.2 Å². The number of ether oxygens (including phenoxy) is 2. The molecule has 0 amide bonds. The number of para-hydroxylation sites is 1. The van der Waals surface area contributed by atoms with E-state index in [2.05, 4.69) is 19.1 Å². The summed E-state index contributed by atoms with van der Waals surface area (Å²) in [5, 5.41) is 0. The Kier molecular flexibility index (Phi) is 4.24. The van der Waals surface area contributed by atoms with E-state index in [-0.39, 0.29) is 6.10 Å². The van der Waals surface area contributed by atoms with Crippen molar-refractivity contribution in [3.8, 4) is 11.5 Å². The molecule has 0 heterocycles. The van der Waals surface area contributed by atoms with Gasteiger partial charge in [-0.2, -0.15) is 0 Å². The lowest BCUT2D eigenvalue weighted by molar-refractivity contribution is 0.222. The molecule has 0 spiro atoms. The second-order valence-electron chi connectivity index (χ2n) is 4.29. The Bertz CT molecular complexity index is 462. The normalized spacial score (nSPS) is 11.9. The number of hydrogen-bond donors (Lipinski definition) is 0. The van der Waals surface area contributed by atoms with E-state index in [0.717, 1.165) is 17.9 Å². The molecule has 0 radical (unpaired) electrons. The maximum Gasteiger partial charge on any atom is 0.119 e. The van der Waals surface area contributed by atoms with E-state index in [1.54, 1.807) is 7.11 Å². The van der Waals surface area contributed by atoms with E-state index in [9.17, 15) is 0 Å². The lowest BCUT2D eigenvalue weighted by Gasteiger charge is -2.14. The molecule has 1 unspecified atom stereocenters. The monoisotopic (exact) mass is 242 g/mol. The highest BCUT2D eigenvalue weighted by molar-refractivity contribution is 5.28. The zero-order valence-electron chi connectivity index (χ0n) is 10.8. The van der Waals surface area contributed by atoms with E-state index in [4.69, 9.17) is 9.47 Å². The van der Waals surface area contributed by atoms with Gasteiger partial charge < -0.3 is 9.47 Å². The summed E-state index contributed by atoms with van der Waals surface area (Å²) < 4.78 is 11.0. The van der Waals surface area contributed by atoms with Crippen molar-refractivity contribution in [3.05, 3.63) is 60.2 Å². The van der Waals surface area contributed by atoms with Crippen LogP contribution in [0.4, 0.5) is 0 Å². The van der Waals surface area contributed by atoms with Crippen LogP contribution in [-0.2, 0) is 6.42 Å². The molecule has 2 heteroatoms. The molecule has 2 nitrogen and oxygen atoms in total. The minimum Gasteiger partial charge on any atom is -0.497 e. The van der Waals surface area contributed by atoms with Gasteiger partial charge in [0.2, 0.25) is 0 Å². The summed E-state index contributed by atoms with van der Waals surface area (Å²) in [4.78, 5) is 0. The molecule has 0 aromatic heterocycles. The maximum absolute atomic E-state index is 5.84. The van der Waals surface area contributed by atoms with Crippen molar-refractivity contribution in [2.45, 2.75) is 19.4 Å². The fourth-order valence-corrected chi connectivity index (χ4v) is 1.87. The first kappa shape index (κ1) is 12.5. The summed E-state index contributed by atoms with van der Waals surface area (Å²) in [6.45, 7) is 2.08. The summed E-state index contributed by atoms with van der Waals surface area (Å²) in [6.07, 6.45) is 1.04. The molecule has 0 aliphatic rings. The molecular formula is C16H18O2. The first-order chi connectivity index (χ1) is 8.78. The van der Waals surface area contributed by atoms with Crippen LogP contribution in [0, 0.1) is 0 Å². The molecule has 18 heavy (non-hydrogen) atoms. The Morgan fingerprint density at radius 1 is 0.889 bits per heavy atom. The van der Waals surface area contributed by atoms with E-state index < -0.39 is 0 Å². The highest BCUT2D eigenvalue weighted by atomic mass is 16.5. The van der Waals surface area contributed by atoms with Crippen molar-refractivity contribution in [1.82, 2.24) is 0 Å². The first-order valence-electron chi connectivity index (χ1n) is 6.12. The van der Waals surface area contributed by atoms with E-state index in [0.29, 0.717) is 0 Å². The number of rotatable bonds is 5. The van der Waals surface area contributed by atoms with Crippen molar-refractivity contribution in [1.29, 1.82) is 0 Å². The van der Waals surface area contributed by atoms with Gasteiger partial charge in [0.1, 0.15) is 11.5 Å². The maximum atomic E-state index is 5.84. The fourth-order valence-electron chi connectivity index (χ4n) is 1.87. The molecule has 2 rings (SSSR count). The fraction of sp³-hybridized carbons (Fsp3) is 0.250. The third kappa shape index (κ3) is 3.52. The Morgan fingerprint density at radius 3 is 2.17 bits per heavy atom. The van der Waals surface area contributed by atoms with Gasteiger partial charge >= 0.3 is 0 Å². The molecule has 2 aromatic rings. The van der Waals surface area contributed by atoms with Crippen LogP contribution in [0.15, 0.2) is 54.6 Å². The van der Waals surface area contributed by atoms with Crippen molar-refractivity contribution in [2.24, 2.45) is 0 Å². The standard InChI is InChI=1S/C16H18O2/c1-13(18-16-6-4-3-5-7-16)12-14-8-10-15(17-2)11-9-14/h3-11,13H,12H2,1-2H3. The Balaban J connectivity index is 1.92. The van der Waals surface area contributed by atoms with Crippen LogP contribution in [0.5, 0.6) is 11.5 Å². The summed E-state index contributed by atoms with van der Waals surface area (Å²) in [5.74, 6) is 1.80. The van der Waals surface area contributed by atoms with E-state index in [1.807, 2.05) is 42.5 Å². The summed E-state index contributed by atoms with van der Waals surface area (Å²) in [5.41, 5.74) is 1.25. The van der Waals surface area contributed by atoms with Gasteiger partial charge in [-0.05, 0) is 36.8 Å². The van der Waals surface area contributed by atoms with Gasteiger partial charge in [-0.15, -0.1) is 0 Å².